The second kappa shape index (κ2) is 6.51. The van der Waals surface area contributed by atoms with E-state index >= 15 is 0 Å². The summed E-state index contributed by atoms with van der Waals surface area (Å²) in [5.74, 6) is -1.51. The van der Waals surface area contributed by atoms with Crippen molar-refractivity contribution in [1.29, 1.82) is 0 Å². The van der Waals surface area contributed by atoms with Crippen molar-refractivity contribution in [2.45, 2.75) is 39.2 Å². The van der Waals surface area contributed by atoms with Gasteiger partial charge in [-0.15, -0.1) is 0 Å². The van der Waals surface area contributed by atoms with E-state index in [9.17, 15) is 19.2 Å². The molecule has 1 N–H and O–H groups in total. The number of rotatable bonds is 4. The van der Waals surface area contributed by atoms with E-state index in [-0.39, 0.29) is 18.7 Å². The van der Waals surface area contributed by atoms with Gasteiger partial charge in [0, 0.05) is 12.0 Å². The first-order valence-electron chi connectivity index (χ1n) is 7.19. The number of piperidine rings is 1. The quantitative estimate of drug-likeness (QED) is 0.663. The van der Waals surface area contributed by atoms with Crippen LogP contribution in [0.3, 0.4) is 0 Å². The number of hydrogen-bond donors (Lipinski definition) is 1. The Kier molecular flexibility index (Phi) is 4.70. The first kappa shape index (κ1) is 15.9. The van der Waals surface area contributed by atoms with Crippen molar-refractivity contribution in [3.8, 4) is 0 Å². The van der Waals surface area contributed by atoms with Crippen LogP contribution in [0, 0.1) is 6.92 Å². The highest BCUT2D eigenvalue weighted by atomic mass is 16.2. The van der Waals surface area contributed by atoms with Crippen LogP contribution in [0.15, 0.2) is 18.2 Å². The van der Waals surface area contributed by atoms with Crippen molar-refractivity contribution in [3.05, 3.63) is 34.9 Å². The summed E-state index contributed by atoms with van der Waals surface area (Å²) in [7, 11) is 0. The van der Waals surface area contributed by atoms with E-state index < -0.39 is 17.9 Å². The predicted molar refractivity (Wildman–Crippen MR) is 79.0 cm³/mol. The zero-order chi connectivity index (χ0) is 16.3. The van der Waals surface area contributed by atoms with Crippen molar-refractivity contribution in [2.24, 2.45) is 0 Å². The zero-order valence-electron chi connectivity index (χ0n) is 12.6. The minimum absolute atomic E-state index is 0.113. The number of nitrogens with zero attached hydrogens (tertiary/aromatic N) is 1. The highest BCUT2D eigenvalue weighted by Gasteiger charge is 2.35. The minimum Gasteiger partial charge on any atom is -0.295 e. The van der Waals surface area contributed by atoms with Crippen LogP contribution in [0.25, 0.3) is 0 Å². The third-order valence-corrected chi connectivity index (χ3v) is 3.95. The molecule has 1 aromatic rings. The van der Waals surface area contributed by atoms with Gasteiger partial charge in [0.05, 0.1) is 0 Å². The molecule has 1 aliphatic rings. The van der Waals surface area contributed by atoms with E-state index in [2.05, 4.69) is 5.32 Å². The van der Waals surface area contributed by atoms with Crippen molar-refractivity contribution in [2.75, 3.05) is 0 Å². The molecule has 0 radical (unpaired) electrons. The fourth-order valence-electron chi connectivity index (χ4n) is 2.65. The maximum absolute atomic E-state index is 12.6. The molecule has 0 aliphatic carbocycles. The maximum atomic E-state index is 12.6. The average Bonchev–Trinajstić information content (AvgIpc) is 2.50. The lowest BCUT2D eigenvalue weighted by Crippen LogP contribution is -2.53. The Hall–Kier alpha value is -2.50. The Labute approximate surface area is 128 Å². The number of amides is 4. The highest BCUT2D eigenvalue weighted by Crippen LogP contribution is 2.19. The van der Waals surface area contributed by atoms with E-state index in [4.69, 9.17) is 0 Å². The van der Waals surface area contributed by atoms with E-state index in [0.717, 1.165) is 22.4 Å². The second-order valence-electron chi connectivity index (χ2n) is 5.23. The van der Waals surface area contributed by atoms with Crippen LogP contribution in [0.1, 0.15) is 41.3 Å². The number of carbonyl (C=O) groups excluding carboxylic acids is 4. The van der Waals surface area contributed by atoms with E-state index in [1.165, 1.54) is 0 Å². The van der Waals surface area contributed by atoms with Crippen molar-refractivity contribution >= 4 is 24.1 Å². The highest BCUT2D eigenvalue weighted by molar-refractivity contribution is 6.07. The van der Waals surface area contributed by atoms with Gasteiger partial charge in [0.25, 0.3) is 5.91 Å². The van der Waals surface area contributed by atoms with Crippen LogP contribution >= 0.6 is 0 Å². The number of imide groups is 2. The van der Waals surface area contributed by atoms with Gasteiger partial charge in [-0.3, -0.25) is 29.4 Å². The topological polar surface area (TPSA) is 83.6 Å². The Morgan fingerprint density at radius 3 is 2.73 bits per heavy atom. The summed E-state index contributed by atoms with van der Waals surface area (Å²) in [6.07, 6.45) is 1.40. The van der Waals surface area contributed by atoms with Crippen LogP contribution in [-0.2, 0) is 20.8 Å². The Balaban J connectivity index is 2.32. The normalized spacial score (nSPS) is 17.8. The van der Waals surface area contributed by atoms with Crippen molar-refractivity contribution in [3.63, 3.8) is 0 Å². The van der Waals surface area contributed by atoms with Gasteiger partial charge < -0.3 is 0 Å². The molecule has 1 heterocycles. The molecule has 6 heteroatoms. The Morgan fingerprint density at radius 1 is 1.41 bits per heavy atom. The van der Waals surface area contributed by atoms with Gasteiger partial charge >= 0.3 is 0 Å². The molecule has 6 nitrogen and oxygen atoms in total. The molecule has 1 aromatic carbocycles. The third-order valence-electron chi connectivity index (χ3n) is 3.95. The fraction of sp³-hybridized carbons (Fsp3) is 0.375. The molecule has 1 unspecified atom stereocenters. The maximum Gasteiger partial charge on any atom is 0.261 e. The van der Waals surface area contributed by atoms with Gasteiger partial charge in [-0.05, 0) is 37.0 Å². The molecule has 116 valence electrons. The summed E-state index contributed by atoms with van der Waals surface area (Å²) in [6.45, 7) is 3.80. The van der Waals surface area contributed by atoms with E-state index in [0.29, 0.717) is 12.0 Å². The molecule has 0 saturated carbocycles. The van der Waals surface area contributed by atoms with Crippen LogP contribution in [-0.4, -0.2) is 35.1 Å². The average molecular weight is 302 g/mol. The van der Waals surface area contributed by atoms with E-state index in [1.54, 1.807) is 12.1 Å². The van der Waals surface area contributed by atoms with Gasteiger partial charge in [0.1, 0.15) is 6.04 Å². The summed E-state index contributed by atoms with van der Waals surface area (Å²) < 4.78 is 0. The van der Waals surface area contributed by atoms with E-state index in [1.807, 2.05) is 19.9 Å². The van der Waals surface area contributed by atoms with Gasteiger partial charge in [0.15, 0.2) is 0 Å². The van der Waals surface area contributed by atoms with Crippen LogP contribution < -0.4 is 5.32 Å². The largest absolute Gasteiger partial charge is 0.295 e. The second-order valence-corrected chi connectivity index (χ2v) is 5.23. The smallest absolute Gasteiger partial charge is 0.261 e. The monoisotopic (exact) mass is 302 g/mol. The Morgan fingerprint density at radius 2 is 2.14 bits per heavy atom. The van der Waals surface area contributed by atoms with Crippen LogP contribution in [0.5, 0.6) is 0 Å². The van der Waals surface area contributed by atoms with Gasteiger partial charge in [-0.1, -0.05) is 19.1 Å². The third kappa shape index (κ3) is 2.90. The number of hydrogen-bond acceptors (Lipinski definition) is 4. The standard InChI is InChI=1S/C16H18N2O4/c1-3-11-5-4-6-12(10(11)2)16(22)18(9-19)13-7-8-14(20)17-15(13)21/h4-6,9,13H,3,7-8H2,1-2H3,(H,17,20,21). The molecule has 1 saturated heterocycles. The Bertz CT molecular complexity index is 639. The van der Waals surface area contributed by atoms with Crippen molar-refractivity contribution < 1.29 is 19.2 Å². The van der Waals surface area contributed by atoms with Crippen molar-refractivity contribution in [1.82, 2.24) is 10.2 Å². The lowest BCUT2D eigenvalue weighted by Gasteiger charge is -2.28. The van der Waals surface area contributed by atoms with Gasteiger partial charge in [0.2, 0.25) is 18.2 Å². The number of benzene rings is 1. The predicted octanol–water partition coefficient (Wildman–Crippen LogP) is 0.961. The number of carbonyl (C=O) groups is 4. The molecule has 22 heavy (non-hydrogen) atoms. The fourth-order valence-corrected chi connectivity index (χ4v) is 2.65. The van der Waals surface area contributed by atoms with Gasteiger partial charge in [-0.2, -0.15) is 0 Å². The van der Waals surface area contributed by atoms with Gasteiger partial charge in [-0.25, -0.2) is 0 Å². The number of aryl methyl sites for hydroxylation is 1. The van der Waals surface area contributed by atoms with Crippen LogP contribution in [0.2, 0.25) is 0 Å². The summed E-state index contributed by atoms with van der Waals surface area (Å²) in [5.41, 5.74) is 2.21. The summed E-state index contributed by atoms with van der Waals surface area (Å²) in [6, 6.07) is 4.38. The lowest BCUT2D eigenvalue weighted by atomic mass is 9.98. The summed E-state index contributed by atoms with van der Waals surface area (Å²) in [5, 5.41) is 2.16. The molecular weight excluding hydrogens is 284 g/mol. The molecule has 1 aliphatic heterocycles. The SMILES string of the molecule is CCc1cccc(C(=O)N(C=O)C2CCC(=O)NC2=O)c1C. The zero-order valence-corrected chi connectivity index (χ0v) is 12.6. The lowest BCUT2D eigenvalue weighted by molar-refractivity contribution is -0.139. The number of nitrogens with one attached hydrogen (secondary N) is 1. The molecule has 2 rings (SSSR count). The summed E-state index contributed by atoms with van der Waals surface area (Å²) >= 11 is 0. The first-order valence-corrected chi connectivity index (χ1v) is 7.19. The summed E-state index contributed by atoms with van der Waals surface area (Å²) in [4.78, 5) is 47.9. The molecule has 0 spiro atoms. The molecule has 4 amide bonds. The molecule has 0 bridgehead atoms. The van der Waals surface area contributed by atoms with Crippen LogP contribution in [0.4, 0.5) is 0 Å². The molecule has 1 atom stereocenters. The molecular formula is C16H18N2O4. The molecule has 0 aromatic heterocycles. The first-order chi connectivity index (χ1) is 10.5. The minimum atomic E-state index is -0.938. The molecule has 1 fully saturated rings.